The summed E-state index contributed by atoms with van der Waals surface area (Å²) in [4.78, 5) is 0. The van der Waals surface area contributed by atoms with Crippen LogP contribution in [0.5, 0.6) is 11.5 Å². The molecular formula is C11H17NO3. The standard InChI is InChI=1S/C11H17NO3/c1-14-10-4-2-3-5-11(10)15-8-9(12)6-7-13/h2-5,9,13H,6-8,12H2,1H3. The summed E-state index contributed by atoms with van der Waals surface area (Å²) in [7, 11) is 1.59. The van der Waals surface area contributed by atoms with Crippen molar-refractivity contribution in [3.8, 4) is 11.5 Å². The number of benzene rings is 1. The third-order valence-corrected chi connectivity index (χ3v) is 2.02. The van der Waals surface area contributed by atoms with Crippen molar-refractivity contribution in [1.82, 2.24) is 0 Å². The second-order valence-electron chi connectivity index (χ2n) is 3.23. The molecule has 4 nitrogen and oxygen atoms in total. The Morgan fingerprint density at radius 1 is 1.33 bits per heavy atom. The molecule has 1 rings (SSSR count). The highest BCUT2D eigenvalue weighted by Gasteiger charge is 2.06. The largest absolute Gasteiger partial charge is 0.493 e. The van der Waals surface area contributed by atoms with E-state index in [2.05, 4.69) is 0 Å². The predicted octanol–water partition coefficient (Wildman–Crippen LogP) is 0.784. The molecular weight excluding hydrogens is 194 g/mol. The molecule has 0 radical (unpaired) electrons. The van der Waals surface area contributed by atoms with Gasteiger partial charge in [0.2, 0.25) is 0 Å². The highest BCUT2D eigenvalue weighted by atomic mass is 16.5. The second-order valence-corrected chi connectivity index (χ2v) is 3.23. The number of nitrogens with two attached hydrogens (primary N) is 1. The lowest BCUT2D eigenvalue weighted by Crippen LogP contribution is -2.28. The fraction of sp³-hybridized carbons (Fsp3) is 0.455. The van der Waals surface area contributed by atoms with Crippen LogP contribution in [0.15, 0.2) is 24.3 Å². The Bertz CT molecular complexity index is 291. The van der Waals surface area contributed by atoms with Crippen molar-refractivity contribution in [3.05, 3.63) is 24.3 Å². The number of para-hydroxylation sites is 2. The number of methoxy groups -OCH3 is 1. The predicted molar refractivity (Wildman–Crippen MR) is 58.2 cm³/mol. The van der Waals surface area contributed by atoms with Gasteiger partial charge < -0.3 is 20.3 Å². The lowest BCUT2D eigenvalue weighted by atomic mass is 10.2. The van der Waals surface area contributed by atoms with Crippen LogP contribution in [-0.4, -0.2) is 31.5 Å². The van der Waals surface area contributed by atoms with E-state index in [4.69, 9.17) is 20.3 Å². The molecule has 0 aliphatic carbocycles. The number of aliphatic hydroxyl groups excluding tert-OH is 1. The summed E-state index contributed by atoms with van der Waals surface area (Å²) in [5, 5.41) is 8.67. The fourth-order valence-corrected chi connectivity index (χ4v) is 1.18. The van der Waals surface area contributed by atoms with E-state index >= 15 is 0 Å². The van der Waals surface area contributed by atoms with Crippen molar-refractivity contribution in [2.45, 2.75) is 12.5 Å². The van der Waals surface area contributed by atoms with Crippen molar-refractivity contribution in [3.63, 3.8) is 0 Å². The van der Waals surface area contributed by atoms with Gasteiger partial charge in [-0.15, -0.1) is 0 Å². The number of ether oxygens (including phenoxy) is 2. The molecule has 1 aromatic carbocycles. The van der Waals surface area contributed by atoms with E-state index in [1.54, 1.807) is 7.11 Å². The molecule has 0 aromatic heterocycles. The highest BCUT2D eigenvalue weighted by Crippen LogP contribution is 2.25. The number of aliphatic hydroxyl groups is 1. The van der Waals surface area contributed by atoms with E-state index in [-0.39, 0.29) is 12.6 Å². The molecule has 0 amide bonds. The van der Waals surface area contributed by atoms with Crippen molar-refractivity contribution < 1.29 is 14.6 Å². The van der Waals surface area contributed by atoms with Gasteiger partial charge in [-0.3, -0.25) is 0 Å². The lowest BCUT2D eigenvalue weighted by molar-refractivity contribution is 0.228. The first-order valence-electron chi connectivity index (χ1n) is 4.90. The van der Waals surface area contributed by atoms with Crippen molar-refractivity contribution in [1.29, 1.82) is 0 Å². The number of hydrogen-bond donors (Lipinski definition) is 2. The van der Waals surface area contributed by atoms with E-state index in [0.717, 1.165) is 0 Å². The molecule has 0 saturated heterocycles. The van der Waals surface area contributed by atoms with Gasteiger partial charge in [-0.05, 0) is 18.6 Å². The van der Waals surface area contributed by atoms with Crippen LogP contribution < -0.4 is 15.2 Å². The van der Waals surface area contributed by atoms with Gasteiger partial charge in [0.1, 0.15) is 6.61 Å². The van der Waals surface area contributed by atoms with Crippen molar-refractivity contribution in [2.75, 3.05) is 20.3 Å². The first-order chi connectivity index (χ1) is 7.27. The summed E-state index contributed by atoms with van der Waals surface area (Å²) in [6.45, 7) is 0.456. The smallest absolute Gasteiger partial charge is 0.161 e. The molecule has 0 heterocycles. The van der Waals surface area contributed by atoms with Crippen LogP contribution in [0.4, 0.5) is 0 Å². The molecule has 0 aliphatic heterocycles. The van der Waals surface area contributed by atoms with E-state index < -0.39 is 0 Å². The van der Waals surface area contributed by atoms with Gasteiger partial charge in [0.15, 0.2) is 11.5 Å². The minimum absolute atomic E-state index is 0.0798. The zero-order chi connectivity index (χ0) is 11.1. The summed E-state index contributed by atoms with van der Waals surface area (Å²) in [5.41, 5.74) is 5.70. The van der Waals surface area contributed by atoms with Crippen LogP contribution in [-0.2, 0) is 0 Å². The quantitative estimate of drug-likeness (QED) is 0.730. The molecule has 0 spiro atoms. The van der Waals surface area contributed by atoms with E-state index in [1.165, 1.54) is 0 Å². The Morgan fingerprint density at radius 2 is 2.00 bits per heavy atom. The van der Waals surface area contributed by atoms with Gasteiger partial charge in [0.05, 0.1) is 7.11 Å². The third kappa shape index (κ3) is 3.77. The molecule has 1 aromatic rings. The minimum Gasteiger partial charge on any atom is -0.493 e. The average Bonchev–Trinajstić information content (AvgIpc) is 2.27. The van der Waals surface area contributed by atoms with Crippen molar-refractivity contribution in [2.24, 2.45) is 5.73 Å². The summed E-state index contributed by atoms with van der Waals surface area (Å²) >= 11 is 0. The van der Waals surface area contributed by atoms with Crippen LogP contribution in [0.25, 0.3) is 0 Å². The molecule has 0 fully saturated rings. The Labute approximate surface area is 89.6 Å². The zero-order valence-electron chi connectivity index (χ0n) is 8.85. The minimum atomic E-state index is -0.153. The van der Waals surface area contributed by atoms with Crippen LogP contribution >= 0.6 is 0 Å². The van der Waals surface area contributed by atoms with Crippen molar-refractivity contribution >= 4 is 0 Å². The molecule has 3 N–H and O–H groups in total. The SMILES string of the molecule is COc1ccccc1OCC(N)CCO. The Balaban J connectivity index is 2.49. The topological polar surface area (TPSA) is 64.7 Å². The maximum Gasteiger partial charge on any atom is 0.161 e. The third-order valence-electron chi connectivity index (χ3n) is 2.02. The van der Waals surface area contributed by atoms with E-state index in [1.807, 2.05) is 24.3 Å². The molecule has 4 heteroatoms. The molecule has 15 heavy (non-hydrogen) atoms. The monoisotopic (exact) mass is 211 g/mol. The van der Waals surface area contributed by atoms with Gasteiger partial charge in [-0.1, -0.05) is 12.1 Å². The maximum absolute atomic E-state index is 8.67. The second kappa shape index (κ2) is 6.27. The maximum atomic E-state index is 8.67. The Morgan fingerprint density at radius 3 is 2.60 bits per heavy atom. The van der Waals surface area contributed by atoms with Gasteiger partial charge in [-0.25, -0.2) is 0 Å². The van der Waals surface area contributed by atoms with Gasteiger partial charge in [0.25, 0.3) is 0 Å². The Hall–Kier alpha value is -1.26. The van der Waals surface area contributed by atoms with Crippen LogP contribution in [0.3, 0.4) is 0 Å². The first kappa shape index (κ1) is 11.8. The molecule has 1 unspecified atom stereocenters. The van der Waals surface area contributed by atoms with Gasteiger partial charge >= 0.3 is 0 Å². The fourth-order valence-electron chi connectivity index (χ4n) is 1.18. The highest BCUT2D eigenvalue weighted by molar-refractivity contribution is 5.39. The number of rotatable bonds is 6. The summed E-state index contributed by atoms with van der Waals surface area (Å²) in [5.74, 6) is 1.36. The molecule has 0 bridgehead atoms. The van der Waals surface area contributed by atoms with Gasteiger partial charge in [-0.2, -0.15) is 0 Å². The summed E-state index contributed by atoms with van der Waals surface area (Å²) in [6.07, 6.45) is 0.537. The molecule has 1 atom stereocenters. The summed E-state index contributed by atoms with van der Waals surface area (Å²) in [6, 6.07) is 7.24. The van der Waals surface area contributed by atoms with E-state index in [0.29, 0.717) is 24.5 Å². The molecule has 84 valence electrons. The average molecular weight is 211 g/mol. The first-order valence-corrected chi connectivity index (χ1v) is 4.90. The zero-order valence-corrected chi connectivity index (χ0v) is 8.85. The van der Waals surface area contributed by atoms with E-state index in [9.17, 15) is 0 Å². The van der Waals surface area contributed by atoms with Crippen LogP contribution in [0.1, 0.15) is 6.42 Å². The normalized spacial score (nSPS) is 12.2. The van der Waals surface area contributed by atoms with Gasteiger partial charge in [0, 0.05) is 12.6 Å². The summed E-state index contributed by atoms with van der Waals surface area (Å²) < 4.78 is 10.6. The molecule has 0 aliphatic rings. The Kier molecular flexibility index (Phi) is 4.93. The molecule has 0 saturated carbocycles. The lowest BCUT2D eigenvalue weighted by Gasteiger charge is -2.13. The van der Waals surface area contributed by atoms with Crippen LogP contribution in [0.2, 0.25) is 0 Å². The van der Waals surface area contributed by atoms with Crippen LogP contribution in [0, 0.1) is 0 Å². The number of hydrogen-bond acceptors (Lipinski definition) is 4.